The van der Waals surface area contributed by atoms with Crippen molar-refractivity contribution in [2.45, 2.75) is 54.6 Å². The molecule has 1 fully saturated rings. The Balaban J connectivity index is 1.95. The van der Waals surface area contributed by atoms with Crippen LogP contribution in [0.1, 0.15) is 18.1 Å². The summed E-state index contributed by atoms with van der Waals surface area (Å²) in [5.41, 5.74) is 11.0. The van der Waals surface area contributed by atoms with Crippen LogP contribution < -0.4 is 0 Å². The van der Waals surface area contributed by atoms with E-state index in [2.05, 4.69) is 10.0 Å². The Morgan fingerprint density at radius 3 is 2.05 bits per heavy atom. The second-order valence-electron chi connectivity index (χ2n) is 8.01. The minimum Gasteiger partial charge on any atom is -0.463 e. The molecule has 0 aliphatic carbocycles. The molecular weight excluding hydrogens is 547 g/mol. The molecule has 3 rings (SSSR count). The van der Waals surface area contributed by atoms with Gasteiger partial charge in [0.15, 0.2) is 0 Å². The van der Waals surface area contributed by atoms with Gasteiger partial charge in [0.1, 0.15) is 31.0 Å². The maximum Gasteiger partial charge on any atom is 0.302 e. The molecule has 0 bridgehead atoms. The van der Waals surface area contributed by atoms with Crippen molar-refractivity contribution < 1.29 is 28.5 Å². The summed E-state index contributed by atoms with van der Waals surface area (Å²) < 4.78 is 26.9. The SMILES string of the molecule is CC(=O)OCC1OC(OC(=N)C(Cl)(Cl)Cl)C(N=[N+]=[N-])[C@@H](OCc2ccccc2)[C@H]1OCc1ccccc1. The number of alkyl halides is 3. The Labute approximate surface area is 228 Å². The Morgan fingerprint density at radius 1 is 1.03 bits per heavy atom. The molecule has 10 nitrogen and oxygen atoms in total. The first-order chi connectivity index (χ1) is 17.7. The number of halogens is 3. The molecule has 13 heteroatoms. The number of azide groups is 1. The monoisotopic (exact) mass is 570 g/mol. The quantitative estimate of drug-likeness (QED) is 0.0762. The molecule has 37 heavy (non-hydrogen) atoms. The lowest BCUT2D eigenvalue weighted by Gasteiger charge is -2.44. The van der Waals surface area contributed by atoms with Crippen LogP contribution in [-0.2, 0) is 41.7 Å². The van der Waals surface area contributed by atoms with Crippen LogP contribution in [-0.4, -0.2) is 52.9 Å². The first-order valence-corrected chi connectivity index (χ1v) is 12.3. The van der Waals surface area contributed by atoms with Crippen molar-refractivity contribution in [1.29, 1.82) is 5.41 Å². The highest BCUT2D eigenvalue weighted by Gasteiger charge is 2.50. The average Bonchev–Trinajstić information content (AvgIpc) is 2.87. The van der Waals surface area contributed by atoms with Crippen LogP contribution in [0, 0.1) is 5.41 Å². The fourth-order valence-electron chi connectivity index (χ4n) is 3.61. The smallest absolute Gasteiger partial charge is 0.302 e. The number of nitrogens with zero attached hydrogens (tertiary/aromatic N) is 3. The minimum atomic E-state index is -2.20. The molecule has 0 saturated carbocycles. The molecule has 0 aromatic heterocycles. The van der Waals surface area contributed by atoms with E-state index in [-0.39, 0.29) is 19.8 Å². The molecule has 1 aliphatic rings. The van der Waals surface area contributed by atoms with E-state index >= 15 is 0 Å². The van der Waals surface area contributed by atoms with Gasteiger partial charge in [0.2, 0.25) is 12.2 Å². The second-order valence-corrected chi connectivity index (χ2v) is 10.3. The predicted octanol–water partition coefficient (Wildman–Crippen LogP) is 5.49. The third-order valence-corrected chi connectivity index (χ3v) is 5.83. The number of esters is 1. The maximum atomic E-state index is 11.6. The van der Waals surface area contributed by atoms with Crippen molar-refractivity contribution >= 4 is 46.7 Å². The molecule has 1 heterocycles. The molecule has 0 radical (unpaired) electrons. The summed E-state index contributed by atoms with van der Waals surface area (Å²) in [4.78, 5) is 14.5. The Hall–Kier alpha value is -2.56. The van der Waals surface area contributed by atoms with Gasteiger partial charge in [-0.25, -0.2) is 0 Å². The fraction of sp³-hybridized carbons (Fsp3) is 0.417. The zero-order chi connectivity index (χ0) is 26.8. The topological polar surface area (TPSA) is 136 Å². The van der Waals surface area contributed by atoms with Gasteiger partial charge in [0.05, 0.1) is 13.2 Å². The first kappa shape index (κ1) is 29.0. The molecule has 0 amide bonds. The zero-order valence-corrected chi connectivity index (χ0v) is 22.0. The lowest BCUT2D eigenvalue weighted by Crippen LogP contribution is -2.61. The van der Waals surface area contributed by atoms with E-state index in [0.29, 0.717) is 0 Å². The molecule has 5 atom stereocenters. The lowest BCUT2D eigenvalue weighted by atomic mass is 9.96. The number of benzene rings is 2. The summed E-state index contributed by atoms with van der Waals surface area (Å²) in [6, 6.07) is 17.5. The van der Waals surface area contributed by atoms with Gasteiger partial charge in [-0.15, -0.1) is 0 Å². The third kappa shape index (κ3) is 8.76. The van der Waals surface area contributed by atoms with Crippen LogP contribution >= 0.6 is 34.8 Å². The lowest BCUT2D eigenvalue weighted by molar-refractivity contribution is -0.267. The third-order valence-electron chi connectivity index (χ3n) is 5.31. The number of hydrogen-bond acceptors (Lipinski definition) is 8. The number of carbonyl (C=O) groups is 1. The van der Waals surface area contributed by atoms with Gasteiger partial charge in [0, 0.05) is 11.8 Å². The van der Waals surface area contributed by atoms with Gasteiger partial charge >= 0.3 is 5.97 Å². The average molecular weight is 572 g/mol. The van der Waals surface area contributed by atoms with Gasteiger partial charge in [-0.1, -0.05) is 101 Å². The van der Waals surface area contributed by atoms with Crippen molar-refractivity contribution in [3.05, 3.63) is 82.2 Å². The van der Waals surface area contributed by atoms with E-state index in [4.69, 9.17) is 63.9 Å². The van der Waals surface area contributed by atoms with Gasteiger partial charge < -0.3 is 23.7 Å². The van der Waals surface area contributed by atoms with E-state index in [1.54, 1.807) is 0 Å². The van der Waals surface area contributed by atoms with Gasteiger partial charge in [-0.2, -0.15) is 0 Å². The van der Waals surface area contributed by atoms with Crippen molar-refractivity contribution in [3.63, 3.8) is 0 Å². The molecule has 1 aliphatic heterocycles. The van der Waals surface area contributed by atoms with Gasteiger partial charge in [-0.3, -0.25) is 10.2 Å². The molecule has 1 N–H and O–H groups in total. The van der Waals surface area contributed by atoms with Crippen LogP contribution in [0.15, 0.2) is 65.8 Å². The highest BCUT2D eigenvalue weighted by atomic mass is 35.6. The molecule has 198 valence electrons. The molecular formula is C24H25Cl3N4O6. The van der Waals surface area contributed by atoms with Crippen LogP contribution in [0.2, 0.25) is 0 Å². The fourth-order valence-corrected chi connectivity index (χ4v) is 3.75. The van der Waals surface area contributed by atoms with Crippen LogP contribution in [0.4, 0.5) is 0 Å². The normalized spacial score (nSPS) is 23.5. The van der Waals surface area contributed by atoms with E-state index < -0.39 is 46.3 Å². The molecule has 2 aromatic carbocycles. The minimum absolute atomic E-state index is 0.128. The Kier molecular flexibility index (Phi) is 10.8. The van der Waals surface area contributed by atoms with Crippen molar-refractivity contribution in [3.8, 4) is 0 Å². The summed E-state index contributed by atoms with van der Waals surface area (Å²) in [7, 11) is 0. The molecule has 3 unspecified atom stereocenters. The summed E-state index contributed by atoms with van der Waals surface area (Å²) in [5, 5.41) is 11.8. The van der Waals surface area contributed by atoms with E-state index in [1.807, 2.05) is 60.7 Å². The largest absolute Gasteiger partial charge is 0.463 e. The molecule has 1 saturated heterocycles. The van der Waals surface area contributed by atoms with E-state index in [9.17, 15) is 10.3 Å². The highest BCUT2D eigenvalue weighted by molar-refractivity contribution is 6.76. The van der Waals surface area contributed by atoms with Crippen LogP contribution in [0.25, 0.3) is 10.4 Å². The Bertz CT molecular complexity index is 1080. The Morgan fingerprint density at radius 2 is 1.57 bits per heavy atom. The zero-order valence-electron chi connectivity index (χ0n) is 19.7. The summed E-state index contributed by atoms with van der Waals surface area (Å²) in [6.45, 7) is 1.31. The highest BCUT2D eigenvalue weighted by Crippen LogP contribution is 2.34. The van der Waals surface area contributed by atoms with Crippen LogP contribution in [0.3, 0.4) is 0 Å². The van der Waals surface area contributed by atoms with Crippen molar-refractivity contribution in [1.82, 2.24) is 0 Å². The van der Waals surface area contributed by atoms with Crippen molar-refractivity contribution in [2.75, 3.05) is 6.61 Å². The predicted molar refractivity (Wildman–Crippen MR) is 137 cm³/mol. The van der Waals surface area contributed by atoms with Crippen LogP contribution in [0.5, 0.6) is 0 Å². The van der Waals surface area contributed by atoms with E-state index in [0.717, 1.165) is 11.1 Å². The van der Waals surface area contributed by atoms with Gasteiger partial charge in [0.25, 0.3) is 3.79 Å². The van der Waals surface area contributed by atoms with Gasteiger partial charge in [-0.05, 0) is 16.7 Å². The first-order valence-electron chi connectivity index (χ1n) is 11.2. The number of hydrogen-bond donors (Lipinski definition) is 1. The number of rotatable bonds is 10. The number of nitrogens with one attached hydrogen (secondary N) is 1. The summed E-state index contributed by atoms with van der Waals surface area (Å²) >= 11 is 17.4. The summed E-state index contributed by atoms with van der Waals surface area (Å²) in [6.07, 6.45) is -4.17. The van der Waals surface area contributed by atoms with E-state index in [1.165, 1.54) is 6.92 Å². The maximum absolute atomic E-state index is 11.6. The standard InChI is InChI=1S/C24H25Cl3N4O6/c1-15(32)33-14-18-20(34-12-16-8-4-2-5-9-16)21(35-13-17-10-6-3-7-11-17)19(30-31-29)22(36-18)37-23(28)24(25,26)27/h2-11,18-22,28H,12-14H2,1H3/t18?,19?,20-,21+,22?/m0/s1. The number of carbonyl (C=O) groups excluding carboxylic acids is 1. The molecule has 0 spiro atoms. The summed E-state index contributed by atoms with van der Waals surface area (Å²) in [5.74, 6) is -1.30. The number of ether oxygens (including phenoxy) is 5. The van der Waals surface area contributed by atoms with Crippen molar-refractivity contribution in [2.24, 2.45) is 5.11 Å². The molecule has 2 aromatic rings. The second kappa shape index (κ2) is 13.8.